The van der Waals surface area contributed by atoms with Crippen LogP contribution < -0.4 is 0 Å². The molecule has 0 saturated heterocycles. The second-order valence-electron chi connectivity index (χ2n) is 36.9. The maximum absolute atomic E-state index is 9.92. The van der Waals surface area contributed by atoms with Crippen LogP contribution in [0.5, 0.6) is 0 Å². The molecule has 0 amide bonds. The number of aromatic nitrogens is 6. The van der Waals surface area contributed by atoms with E-state index in [0.717, 1.165) is 161 Å². The molecule has 3 aliphatic rings. The van der Waals surface area contributed by atoms with E-state index in [1.165, 1.54) is 99.4 Å². The van der Waals surface area contributed by atoms with Crippen LogP contribution in [0.3, 0.4) is 0 Å². The Morgan fingerprint density at radius 3 is 0.747 bits per heavy atom. The second kappa shape index (κ2) is 36.6. The van der Waals surface area contributed by atoms with Gasteiger partial charge in [-0.25, -0.2) is 29.9 Å². The van der Waals surface area contributed by atoms with Gasteiger partial charge in [0.25, 0.3) is 0 Å². The normalized spacial score (nSPS) is 11.4. The minimum Gasteiger partial charge on any atom is -0.228 e. The first-order valence-corrected chi connectivity index (χ1v) is 48.9. The fourth-order valence-electron chi connectivity index (χ4n) is 21.9. The quantitative estimate of drug-likeness (QED) is 0.104. The molecule has 9 nitrogen and oxygen atoms in total. The van der Waals surface area contributed by atoms with Gasteiger partial charge in [0, 0.05) is 71.6 Å². The van der Waals surface area contributed by atoms with Crippen LogP contribution in [-0.2, 0) is 0 Å². The molecule has 0 atom stereocenters. The smallest absolute Gasteiger partial charge is 0.161 e. The highest BCUT2D eigenvalue weighted by molar-refractivity contribution is 6.27. The zero-order chi connectivity index (χ0) is 97.2. The summed E-state index contributed by atoms with van der Waals surface area (Å²) in [6, 6.07) is 178. The third kappa shape index (κ3) is 15.2. The van der Waals surface area contributed by atoms with Gasteiger partial charge in [0.05, 0.1) is 69.1 Å². The Morgan fingerprint density at radius 2 is 0.370 bits per heavy atom. The molecule has 0 spiro atoms. The van der Waals surface area contributed by atoms with Gasteiger partial charge in [0.1, 0.15) is 0 Å². The number of hydrogen-bond donors (Lipinski definition) is 0. The largest absolute Gasteiger partial charge is 0.228 e. The lowest BCUT2D eigenvalue weighted by Gasteiger charge is -2.17. The molecule has 9 heteroatoms. The Labute approximate surface area is 844 Å². The van der Waals surface area contributed by atoms with E-state index in [-0.39, 0.29) is 0 Å². The first-order chi connectivity index (χ1) is 72.3. The van der Waals surface area contributed by atoms with Crippen molar-refractivity contribution in [3.63, 3.8) is 0 Å². The Kier molecular flexibility index (Phi) is 21.6. The van der Waals surface area contributed by atoms with E-state index in [9.17, 15) is 15.8 Å². The fourth-order valence-corrected chi connectivity index (χ4v) is 21.9. The van der Waals surface area contributed by atoms with Crippen molar-refractivity contribution < 1.29 is 0 Å². The van der Waals surface area contributed by atoms with Gasteiger partial charge in [-0.2, -0.15) is 15.8 Å². The highest BCUT2D eigenvalue weighted by atomic mass is 14.9. The molecule has 22 aromatic carbocycles. The van der Waals surface area contributed by atoms with E-state index >= 15 is 0 Å². The molecule has 674 valence electrons. The summed E-state index contributed by atoms with van der Waals surface area (Å²) < 4.78 is 0. The lowest BCUT2D eigenvalue weighted by molar-refractivity contribution is 1.18. The van der Waals surface area contributed by atoms with Crippen LogP contribution in [0.15, 0.2) is 491 Å². The third-order valence-corrected chi connectivity index (χ3v) is 28.7. The Morgan fingerprint density at radius 1 is 0.130 bits per heavy atom. The zero-order valence-corrected chi connectivity index (χ0v) is 78.8. The monoisotopic (exact) mass is 1850 g/mol. The molecule has 3 aliphatic carbocycles. The highest BCUT2D eigenvalue weighted by Crippen LogP contribution is 2.57. The van der Waals surface area contributed by atoms with E-state index in [0.29, 0.717) is 34.2 Å². The van der Waals surface area contributed by atoms with Crippen LogP contribution in [0, 0.1) is 34.0 Å². The van der Waals surface area contributed by atoms with Gasteiger partial charge in [-0.1, -0.05) is 431 Å². The van der Waals surface area contributed by atoms with Crippen molar-refractivity contribution in [1.29, 1.82) is 15.8 Å². The van der Waals surface area contributed by atoms with E-state index in [1.807, 2.05) is 176 Å². The number of nitrogens with zero attached hydrogens (tertiary/aromatic N) is 9. The average molecular weight is 1850 g/mol. The SMILES string of the molecule is N#Cc1ccc(-c2ccc3c4c(ccc(-c5nc(-c6ccccc6)cc(-c6ccccc6)n5)c24)-c2ccccc2-3)c2ccccc12.N#Cc1ccc(-c2cccc(-c3ccc4c5c(ccc(-c6ccc(-c7nc(-c8ccccc8)cc(-c8ccccc8)n7)cc6)c35)-c3ccccc3-4)c2)cc1.N#Cc1cccc2c(-c3ccc4c5c(ccc(-c6nc(-c7ccccc7)cc(-c7ccccc7)n6)c35)-c3ccccc3-4)cccc12. The summed E-state index contributed by atoms with van der Waals surface area (Å²) >= 11 is 0. The molecule has 0 radical (unpaired) electrons. The van der Waals surface area contributed by atoms with Crippen molar-refractivity contribution in [2.45, 2.75) is 0 Å². The van der Waals surface area contributed by atoms with Crippen molar-refractivity contribution in [2.75, 3.05) is 0 Å². The summed E-state index contributed by atoms with van der Waals surface area (Å²) in [5.41, 5.74) is 42.5. The van der Waals surface area contributed by atoms with Crippen LogP contribution in [0.2, 0.25) is 0 Å². The molecular formula is C137H81N9. The van der Waals surface area contributed by atoms with Gasteiger partial charge in [0.15, 0.2) is 17.5 Å². The molecular weight excluding hydrogens is 1770 g/mol. The molecule has 0 bridgehead atoms. The van der Waals surface area contributed by atoms with Crippen LogP contribution in [0.1, 0.15) is 16.7 Å². The topological polar surface area (TPSA) is 149 Å². The molecule has 3 aromatic heterocycles. The lowest BCUT2D eigenvalue weighted by Crippen LogP contribution is -1.98. The standard InChI is InChI=1S/C51H31N3.2C43H25N3/c52-32-33-18-20-34(21-19-33)39-14-9-15-40(30-39)42-27-29-46-44-17-8-7-16-43(44)45-28-26-41(49(42)50(45)46)35-22-24-38(25-23-35)51-53-47(36-10-3-1-4-11-36)31-48(54-51)37-12-5-2-6-13-37;44-26-29-15-9-19-31-30(29)18-10-20-34(31)37-22-21-35-32-16-7-8-17-33(32)36-23-24-38(42(37)41(35)36)43-45-39(27-11-3-1-4-12-27)25-40(46-43)28-13-5-2-6-14-28;44-26-29-19-20-34(31-16-8-7-15-30(29)31)37-22-21-35-32-17-9-10-18-33(32)36-23-24-38(42(37)41(35)36)43-45-39(27-11-3-1-4-12-27)25-40(46-43)28-13-5-2-6-14-28/h1-31H;2*1-25H. The number of fused-ring (bicyclic) bond motifs is 11. The van der Waals surface area contributed by atoms with Crippen molar-refractivity contribution in [3.8, 4) is 242 Å². The van der Waals surface area contributed by atoms with Crippen molar-refractivity contribution in [3.05, 3.63) is 508 Å². The van der Waals surface area contributed by atoms with Crippen LogP contribution in [-0.4, -0.2) is 29.9 Å². The summed E-state index contributed by atoms with van der Waals surface area (Å²) in [5.74, 6) is 2.05. The van der Waals surface area contributed by atoms with E-state index in [1.54, 1.807) is 0 Å². The Bertz CT molecular complexity index is 9160. The first kappa shape index (κ1) is 86.2. The predicted molar refractivity (Wildman–Crippen MR) is 597 cm³/mol. The molecule has 0 fully saturated rings. The molecule has 146 heavy (non-hydrogen) atoms. The second-order valence-corrected chi connectivity index (χ2v) is 36.9. The molecule has 25 aromatic rings. The molecule has 3 heterocycles. The van der Waals surface area contributed by atoms with E-state index in [4.69, 9.17) is 29.9 Å². The number of rotatable bonds is 14. The number of nitriles is 3. The lowest BCUT2D eigenvalue weighted by atomic mass is 9.87. The maximum Gasteiger partial charge on any atom is 0.161 e. The van der Waals surface area contributed by atoms with Gasteiger partial charge in [0.2, 0.25) is 0 Å². The summed E-state index contributed by atoms with van der Waals surface area (Å²) in [7, 11) is 0. The van der Waals surface area contributed by atoms with E-state index in [2.05, 4.69) is 334 Å². The number of benzene rings is 22. The van der Waals surface area contributed by atoms with Gasteiger partial charge in [-0.05, 0) is 215 Å². The molecule has 0 N–H and O–H groups in total. The predicted octanol–water partition coefficient (Wildman–Crippen LogP) is 35.1. The maximum atomic E-state index is 9.92. The summed E-state index contributed by atoms with van der Waals surface area (Å²) in [4.78, 5) is 31.1. The first-order valence-electron chi connectivity index (χ1n) is 48.9. The summed E-state index contributed by atoms with van der Waals surface area (Å²) in [6.45, 7) is 0. The summed E-state index contributed by atoms with van der Waals surface area (Å²) in [5, 5.41) is 40.3. The fraction of sp³-hybridized carbons (Fsp3) is 0. The van der Waals surface area contributed by atoms with Crippen LogP contribution >= 0.6 is 0 Å². The highest BCUT2D eigenvalue weighted by Gasteiger charge is 2.32. The zero-order valence-electron chi connectivity index (χ0n) is 78.8. The third-order valence-electron chi connectivity index (χ3n) is 28.7. The number of hydrogen-bond acceptors (Lipinski definition) is 9. The van der Waals surface area contributed by atoms with Gasteiger partial charge >= 0.3 is 0 Å². The van der Waals surface area contributed by atoms with Crippen molar-refractivity contribution in [1.82, 2.24) is 29.9 Å². The van der Waals surface area contributed by atoms with Crippen molar-refractivity contribution in [2.24, 2.45) is 0 Å². The Hall–Kier alpha value is -20.2. The van der Waals surface area contributed by atoms with Gasteiger partial charge in [-0.3, -0.25) is 0 Å². The molecule has 28 rings (SSSR count). The Balaban J connectivity index is 0.000000112. The van der Waals surface area contributed by atoms with Crippen LogP contribution in [0.4, 0.5) is 0 Å². The minimum atomic E-state index is 0.657. The minimum absolute atomic E-state index is 0.657. The molecule has 0 unspecified atom stereocenters. The van der Waals surface area contributed by atoms with Gasteiger partial charge in [-0.15, -0.1) is 0 Å². The average Bonchev–Trinajstić information content (AvgIpc) is 1.55. The van der Waals surface area contributed by atoms with Crippen LogP contribution in [0.25, 0.3) is 278 Å². The molecule has 0 saturated carbocycles. The van der Waals surface area contributed by atoms with E-state index < -0.39 is 0 Å². The summed E-state index contributed by atoms with van der Waals surface area (Å²) in [6.07, 6.45) is 0. The molecule has 0 aliphatic heterocycles. The van der Waals surface area contributed by atoms with Gasteiger partial charge < -0.3 is 0 Å². The van der Waals surface area contributed by atoms with Crippen molar-refractivity contribution >= 4 is 53.9 Å².